The van der Waals surface area contributed by atoms with E-state index in [-0.39, 0.29) is 37.6 Å². The van der Waals surface area contributed by atoms with Crippen molar-refractivity contribution in [2.75, 3.05) is 57.9 Å². The van der Waals surface area contributed by atoms with E-state index in [9.17, 15) is 19.8 Å². The summed E-state index contributed by atoms with van der Waals surface area (Å²) in [6.45, 7) is 6.57. The number of ether oxygens (including phenoxy) is 1. The summed E-state index contributed by atoms with van der Waals surface area (Å²) in [5, 5.41) is 20.1. The maximum atomic E-state index is 15.2. The fourth-order valence-corrected chi connectivity index (χ4v) is 7.81. The summed E-state index contributed by atoms with van der Waals surface area (Å²) in [4.78, 5) is 48.5. The number of carbonyl (C=O) groups is 3. The van der Waals surface area contributed by atoms with Gasteiger partial charge in [0.1, 0.15) is 0 Å². The van der Waals surface area contributed by atoms with Crippen LogP contribution < -0.4 is 4.90 Å². The Morgan fingerprint density at radius 1 is 0.863 bits per heavy atom. The number of morpholine rings is 1. The van der Waals surface area contributed by atoms with Crippen molar-refractivity contribution in [3.8, 4) is 11.3 Å². The van der Waals surface area contributed by atoms with Crippen LogP contribution in [0.2, 0.25) is 0 Å². The summed E-state index contributed by atoms with van der Waals surface area (Å²) in [6, 6.07) is 23.3. The van der Waals surface area contributed by atoms with Gasteiger partial charge in [-0.15, -0.1) is 0 Å². The second-order valence-corrected chi connectivity index (χ2v) is 13.7. The van der Waals surface area contributed by atoms with Gasteiger partial charge in [0.25, 0.3) is 11.8 Å². The van der Waals surface area contributed by atoms with Gasteiger partial charge >= 0.3 is 6.09 Å². The highest BCUT2D eigenvalue weighted by Crippen LogP contribution is 2.36. The molecule has 266 valence electrons. The number of hydrogen-bond donors (Lipinski definition) is 2. The zero-order valence-electron chi connectivity index (χ0n) is 29.3. The number of anilines is 1. The largest absolute Gasteiger partial charge is 0.465 e. The van der Waals surface area contributed by atoms with Crippen molar-refractivity contribution in [1.29, 1.82) is 0 Å². The fourth-order valence-electron chi connectivity index (χ4n) is 7.81. The van der Waals surface area contributed by atoms with E-state index in [4.69, 9.17) is 4.74 Å². The van der Waals surface area contributed by atoms with E-state index in [1.165, 1.54) is 10.5 Å². The second-order valence-electron chi connectivity index (χ2n) is 13.7. The zero-order valence-corrected chi connectivity index (χ0v) is 29.3. The van der Waals surface area contributed by atoms with Gasteiger partial charge in [-0.25, -0.2) is 4.79 Å². The number of benzene rings is 3. The molecule has 3 amide bonds. The number of nitrogens with zero attached hydrogens (tertiary/aromatic N) is 5. The summed E-state index contributed by atoms with van der Waals surface area (Å²) in [6.07, 6.45) is 0.229. The number of hydrogen-bond acceptors (Lipinski definition) is 6. The molecule has 3 aliphatic heterocycles. The normalized spacial score (nSPS) is 17.5. The van der Waals surface area contributed by atoms with Crippen LogP contribution in [0.25, 0.3) is 11.3 Å². The van der Waals surface area contributed by atoms with Crippen LogP contribution in [0.5, 0.6) is 0 Å². The molecule has 1 aromatic heterocycles. The molecule has 4 heterocycles. The molecule has 3 aliphatic rings. The van der Waals surface area contributed by atoms with E-state index >= 15 is 4.79 Å². The summed E-state index contributed by atoms with van der Waals surface area (Å²) in [7, 11) is 1.74. The van der Waals surface area contributed by atoms with Crippen molar-refractivity contribution < 1.29 is 29.3 Å². The van der Waals surface area contributed by atoms with Gasteiger partial charge < -0.3 is 34.2 Å². The minimum absolute atomic E-state index is 0.0903. The molecule has 1 saturated heterocycles. The number of rotatable bonds is 8. The molecule has 1 fully saturated rings. The third-order valence-corrected chi connectivity index (χ3v) is 10.7. The lowest BCUT2D eigenvalue weighted by Crippen LogP contribution is -2.52. The van der Waals surface area contributed by atoms with Crippen LogP contribution in [0.4, 0.5) is 10.5 Å². The Bertz CT molecular complexity index is 1930. The molecule has 0 aliphatic carbocycles. The molecule has 2 N–H and O–H groups in total. The predicted octanol–water partition coefficient (Wildman–Crippen LogP) is 4.67. The first-order valence-electron chi connectivity index (χ1n) is 17.7. The summed E-state index contributed by atoms with van der Waals surface area (Å²) in [5.41, 5.74) is 7.84. The smallest absolute Gasteiger partial charge is 0.407 e. The van der Waals surface area contributed by atoms with Gasteiger partial charge in [0.15, 0.2) is 0 Å². The predicted molar refractivity (Wildman–Crippen MR) is 194 cm³/mol. The van der Waals surface area contributed by atoms with Crippen LogP contribution in [-0.2, 0) is 37.2 Å². The molecule has 0 spiro atoms. The lowest BCUT2D eigenvalue weighted by Gasteiger charge is -2.41. The van der Waals surface area contributed by atoms with E-state index in [0.29, 0.717) is 67.3 Å². The lowest BCUT2D eigenvalue weighted by atomic mass is 9.89. The van der Waals surface area contributed by atoms with Crippen molar-refractivity contribution in [2.24, 2.45) is 0 Å². The third-order valence-electron chi connectivity index (χ3n) is 10.7. The fraction of sp³-hybridized carbons (Fsp3) is 0.375. The van der Waals surface area contributed by atoms with Gasteiger partial charge in [-0.3, -0.25) is 14.5 Å². The van der Waals surface area contributed by atoms with E-state index in [1.54, 1.807) is 11.9 Å². The molecular formula is C40H45N5O6. The molecule has 0 unspecified atom stereocenters. The molecule has 0 radical (unpaired) electrons. The van der Waals surface area contributed by atoms with Gasteiger partial charge in [-0.05, 0) is 72.4 Å². The Morgan fingerprint density at radius 2 is 1.59 bits per heavy atom. The number of fused-ring (bicyclic) bond motifs is 2. The van der Waals surface area contributed by atoms with Crippen LogP contribution in [-0.4, -0.2) is 106 Å². The number of aliphatic hydroxyl groups is 1. The van der Waals surface area contributed by atoms with E-state index in [0.717, 1.165) is 41.9 Å². The van der Waals surface area contributed by atoms with Gasteiger partial charge in [0.2, 0.25) is 0 Å². The number of aromatic nitrogens is 1. The zero-order chi connectivity index (χ0) is 35.6. The van der Waals surface area contributed by atoms with Crippen LogP contribution in [0.15, 0.2) is 72.8 Å². The number of para-hydroxylation sites is 1. The lowest BCUT2D eigenvalue weighted by molar-refractivity contribution is 0.0193. The Kier molecular flexibility index (Phi) is 9.95. The van der Waals surface area contributed by atoms with E-state index in [1.807, 2.05) is 77.1 Å². The molecular weight excluding hydrogens is 646 g/mol. The SMILES string of the molecule is Cc1c(C(=O)N(C)c2ccccc2)cc(-c2cc3c(cc2C(=O)N2Cc4ccccc4C[C@H]2CN2CCOCC2)CN(C(=O)O)CC3)n1CCO. The Balaban J connectivity index is 1.35. The quantitative estimate of drug-likeness (QED) is 0.276. The first-order chi connectivity index (χ1) is 24.7. The van der Waals surface area contributed by atoms with Crippen molar-refractivity contribution >= 4 is 23.6 Å². The average molecular weight is 692 g/mol. The Hall–Kier alpha value is -4.97. The maximum absolute atomic E-state index is 15.2. The van der Waals surface area contributed by atoms with Crippen molar-refractivity contribution in [3.63, 3.8) is 0 Å². The number of amides is 3. The summed E-state index contributed by atoms with van der Waals surface area (Å²) < 4.78 is 7.54. The van der Waals surface area contributed by atoms with Gasteiger partial charge in [-0.1, -0.05) is 42.5 Å². The third kappa shape index (κ3) is 6.89. The maximum Gasteiger partial charge on any atom is 0.407 e. The van der Waals surface area contributed by atoms with Crippen LogP contribution in [0, 0.1) is 6.92 Å². The van der Waals surface area contributed by atoms with Crippen LogP contribution in [0.3, 0.4) is 0 Å². The number of aliphatic hydroxyl groups excluding tert-OH is 1. The molecule has 51 heavy (non-hydrogen) atoms. The molecule has 7 rings (SSSR count). The topological polar surface area (TPSA) is 119 Å². The monoisotopic (exact) mass is 691 g/mol. The summed E-state index contributed by atoms with van der Waals surface area (Å²) in [5.74, 6) is -0.338. The molecule has 0 saturated carbocycles. The second kappa shape index (κ2) is 14.7. The number of carbonyl (C=O) groups excluding carboxylic acids is 2. The minimum atomic E-state index is -0.992. The van der Waals surface area contributed by atoms with Gasteiger partial charge in [0, 0.05) is 87.1 Å². The highest BCUT2D eigenvalue weighted by molar-refractivity contribution is 6.08. The van der Waals surface area contributed by atoms with Gasteiger partial charge in [-0.2, -0.15) is 0 Å². The van der Waals surface area contributed by atoms with E-state index in [2.05, 4.69) is 17.0 Å². The summed E-state index contributed by atoms with van der Waals surface area (Å²) >= 11 is 0. The first kappa shape index (κ1) is 34.5. The Morgan fingerprint density at radius 3 is 2.31 bits per heavy atom. The molecule has 1 atom stereocenters. The Labute approximate surface area is 298 Å². The molecule has 4 aromatic rings. The molecule has 11 heteroatoms. The van der Waals surface area contributed by atoms with Crippen LogP contribution in [0.1, 0.15) is 48.7 Å². The van der Waals surface area contributed by atoms with Crippen molar-refractivity contribution in [2.45, 2.75) is 45.4 Å². The molecule has 3 aromatic carbocycles. The van der Waals surface area contributed by atoms with Crippen molar-refractivity contribution in [1.82, 2.24) is 19.3 Å². The van der Waals surface area contributed by atoms with Crippen LogP contribution >= 0.6 is 0 Å². The minimum Gasteiger partial charge on any atom is -0.465 e. The standard InChI is InChI=1S/C40H45N5O6/c1-27-34(38(47)41(2)32-10-4-3-5-11-32)23-37(44(27)14-17-46)35-21-29-12-13-43(40(49)50)24-31(29)22-36(35)39(48)45-25-30-9-7-6-8-28(30)20-33(45)26-42-15-18-51-19-16-42/h3-11,21-23,33,46H,12-20,24-26H2,1-2H3,(H,49,50)/t33-/m0/s1. The van der Waals surface area contributed by atoms with Crippen molar-refractivity contribution in [3.05, 3.63) is 112 Å². The van der Waals surface area contributed by atoms with Gasteiger partial charge in [0.05, 0.1) is 25.4 Å². The number of carboxylic acid groups (broad SMARTS) is 1. The highest BCUT2D eigenvalue weighted by atomic mass is 16.5. The first-order valence-corrected chi connectivity index (χ1v) is 17.7. The van der Waals surface area contributed by atoms with E-state index < -0.39 is 6.09 Å². The highest BCUT2D eigenvalue weighted by Gasteiger charge is 2.35. The molecule has 11 nitrogen and oxygen atoms in total. The molecule has 0 bridgehead atoms. The average Bonchev–Trinajstić information content (AvgIpc) is 3.48.